The minimum absolute atomic E-state index is 0.0952. The van der Waals surface area contributed by atoms with Gasteiger partial charge in [-0.2, -0.15) is 5.26 Å². The molecule has 2 aromatic rings. The number of benzene rings is 1. The lowest BCUT2D eigenvalue weighted by molar-refractivity contribution is 0.364. The standard InChI is InChI=1S/C16H19N3O/c1-16(2,7-4-8-17)11-19-14-6-3-5-13(9-14)15-10-18-12-20-15/h3,5-6,9-10,12,19H,4,7,11H2,1-2H3. The Morgan fingerprint density at radius 1 is 1.40 bits per heavy atom. The van der Waals surface area contributed by atoms with Crippen molar-refractivity contribution >= 4 is 5.69 Å². The van der Waals surface area contributed by atoms with Crippen LogP contribution in [-0.2, 0) is 0 Å². The number of nitrogens with one attached hydrogen (secondary N) is 1. The summed E-state index contributed by atoms with van der Waals surface area (Å²) in [5.41, 5.74) is 2.14. The van der Waals surface area contributed by atoms with Crippen LogP contribution in [0.1, 0.15) is 26.7 Å². The van der Waals surface area contributed by atoms with Crippen LogP contribution in [0.5, 0.6) is 0 Å². The van der Waals surface area contributed by atoms with Gasteiger partial charge in [-0.3, -0.25) is 0 Å². The monoisotopic (exact) mass is 269 g/mol. The molecule has 0 saturated heterocycles. The Morgan fingerprint density at radius 2 is 2.25 bits per heavy atom. The van der Waals surface area contributed by atoms with Gasteiger partial charge in [0.2, 0.25) is 0 Å². The average Bonchev–Trinajstić information content (AvgIpc) is 2.98. The maximum atomic E-state index is 8.67. The van der Waals surface area contributed by atoms with Gasteiger partial charge in [-0.1, -0.05) is 26.0 Å². The van der Waals surface area contributed by atoms with Crippen LogP contribution in [0.15, 0.2) is 41.3 Å². The zero-order valence-electron chi connectivity index (χ0n) is 11.9. The Labute approximate surface area is 119 Å². The first kappa shape index (κ1) is 14.1. The Morgan fingerprint density at radius 3 is 2.95 bits per heavy atom. The van der Waals surface area contributed by atoms with Crippen molar-refractivity contribution in [3.05, 3.63) is 36.9 Å². The van der Waals surface area contributed by atoms with Crippen molar-refractivity contribution < 1.29 is 4.42 Å². The molecule has 104 valence electrons. The molecule has 0 aliphatic heterocycles. The molecule has 0 spiro atoms. The molecule has 4 nitrogen and oxygen atoms in total. The molecular weight excluding hydrogens is 250 g/mol. The first-order valence-corrected chi connectivity index (χ1v) is 6.70. The molecule has 0 radical (unpaired) electrons. The van der Waals surface area contributed by atoms with E-state index < -0.39 is 0 Å². The highest BCUT2D eigenvalue weighted by atomic mass is 16.3. The van der Waals surface area contributed by atoms with E-state index in [1.54, 1.807) is 6.20 Å². The van der Waals surface area contributed by atoms with Crippen molar-refractivity contribution in [2.45, 2.75) is 26.7 Å². The molecule has 0 fully saturated rings. The number of aromatic nitrogens is 1. The molecule has 0 atom stereocenters. The number of nitriles is 1. The minimum atomic E-state index is 0.0952. The molecule has 0 aliphatic rings. The maximum absolute atomic E-state index is 8.67. The van der Waals surface area contributed by atoms with Gasteiger partial charge in [-0.15, -0.1) is 0 Å². The summed E-state index contributed by atoms with van der Waals surface area (Å²) in [5.74, 6) is 0.761. The van der Waals surface area contributed by atoms with Gasteiger partial charge < -0.3 is 9.73 Å². The van der Waals surface area contributed by atoms with Crippen LogP contribution in [0.25, 0.3) is 11.3 Å². The Bertz CT molecular complexity index is 582. The van der Waals surface area contributed by atoms with Gasteiger partial charge >= 0.3 is 0 Å². The number of nitrogens with zero attached hydrogens (tertiary/aromatic N) is 2. The van der Waals surface area contributed by atoms with E-state index in [9.17, 15) is 0 Å². The molecule has 0 saturated carbocycles. The van der Waals surface area contributed by atoms with Gasteiger partial charge in [0.1, 0.15) is 0 Å². The van der Waals surface area contributed by atoms with Crippen molar-refractivity contribution in [1.82, 2.24) is 4.98 Å². The SMILES string of the molecule is CC(C)(CCC#N)CNc1cccc(-c2cnco2)c1. The Hall–Kier alpha value is -2.28. The van der Waals surface area contributed by atoms with Crippen LogP contribution in [0.2, 0.25) is 0 Å². The van der Waals surface area contributed by atoms with Crippen molar-refractivity contribution in [3.8, 4) is 17.4 Å². The van der Waals surface area contributed by atoms with E-state index in [0.717, 1.165) is 30.0 Å². The third-order valence-electron chi connectivity index (χ3n) is 3.26. The molecule has 0 bridgehead atoms. The summed E-state index contributed by atoms with van der Waals surface area (Å²) in [4.78, 5) is 3.93. The van der Waals surface area contributed by atoms with Gasteiger partial charge in [-0.25, -0.2) is 4.98 Å². The fourth-order valence-electron chi connectivity index (χ4n) is 1.96. The van der Waals surface area contributed by atoms with Crippen LogP contribution >= 0.6 is 0 Å². The quantitative estimate of drug-likeness (QED) is 0.858. The summed E-state index contributed by atoms with van der Waals surface area (Å²) in [7, 11) is 0. The van der Waals surface area contributed by atoms with Gasteiger partial charge in [-0.05, 0) is 24.0 Å². The topological polar surface area (TPSA) is 61.9 Å². The summed E-state index contributed by atoms with van der Waals surface area (Å²) in [6.45, 7) is 5.16. The van der Waals surface area contributed by atoms with Crippen molar-refractivity contribution in [1.29, 1.82) is 5.26 Å². The normalized spacial score (nSPS) is 11.1. The summed E-state index contributed by atoms with van der Waals surface area (Å²) < 4.78 is 5.30. The van der Waals surface area contributed by atoms with Crippen LogP contribution in [0, 0.1) is 16.7 Å². The predicted octanol–water partition coefficient (Wildman–Crippen LogP) is 4.08. The van der Waals surface area contributed by atoms with E-state index >= 15 is 0 Å². The first-order valence-electron chi connectivity index (χ1n) is 6.70. The summed E-state index contributed by atoms with van der Waals surface area (Å²) in [5, 5.41) is 12.1. The molecule has 1 N–H and O–H groups in total. The fraction of sp³-hybridized carbons (Fsp3) is 0.375. The first-order chi connectivity index (χ1) is 9.61. The zero-order valence-corrected chi connectivity index (χ0v) is 11.9. The van der Waals surface area contributed by atoms with E-state index in [-0.39, 0.29) is 5.41 Å². The zero-order chi connectivity index (χ0) is 14.4. The minimum Gasteiger partial charge on any atom is -0.444 e. The second-order valence-corrected chi connectivity index (χ2v) is 5.62. The van der Waals surface area contributed by atoms with Crippen LogP contribution in [0.3, 0.4) is 0 Å². The molecule has 4 heteroatoms. The third-order valence-corrected chi connectivity index (χ3v) is 3.26. The molecular formula is C16H19N3O. The van der Waals surface area contributed by atoms with Gasteiger partial charge in [0.05, 0.1) is 12.3 Å². The average molecular weight is 269 g/mol. The highest BCUT2D eigenvalue weighted by Gasteiger charge is 2.17. The van der Waals surface area contributed by atoms with Crippen LogP contribution in [0.4, 0.5) is 5.69 Å². The number of rotatable bonds is 6. The van der Waals surface area contributed by atoms with Crippen molar-refractivity contribution in [2.75, 3.05) is 11.9 Å². The Kier molecular flexibility index (Phi) is 4.41. The van der Waals surface area contributed by atoms with E-state index in [2.05, 4.69) is 30.2 Å². The van der Waals surface area contributed by atoms with E-state index in [1.807, 2.05) is 24.3 Å². The molecule has 0 aliphatic carbocycles. The lowest BCUT2D eigenvalue weighted by atomic mass is 9.88. The largest absolute Gasteiger partial charge is 0.444 e. The van der Waals surface area contributed by atoms with E-state index in [4.69, 9.17) is 9.68 Å². The Balaban J connectivity index is 2.00. The highest BCUT2D eigenvalue weighted by Crippen LogP contribution is 2.25. The van der Waals surface area contributed by atoms with Gasteiger partial charge in [0.15, 0.2) is 12.2 Å². The molecule has 20 heavy (non-hydrogen) atoms. The van der Waals surface area contributed by atoms with Crippen molar-refractivity contribution in [2.24, 2.45) is 5.41 Å². The number of hydrogen-bond acceptors (Lipinski definition) is 4. The number of oxazole rings is 1. The van der Waals surface area contributed by atoms with Crippen LogP contribution < -0.4 is 5.32 Å². The van der Waals surface area contributed by atoms with Crippen LogP contribution in [-0.4, -0.2) is 11.5 Å². The van der Waals surface area contributed by atoms with Gasteiger partial charge in [0, 0.05) is 24.2 Å². The highest BCUT2D eigenvalue weighted by molar-refractivity contribution is 5.63. The number of anilines is 1. The van der Waals surface area contributed by atoms with Crippen molar-refractivity contribution in [3.63, 3.8) is 0 Å². The second-order valence-electron chi connectivity index (χ2n) is 5.62. The lowest BCUT2D eigenvalue weighted by Crippen LogP contribution is -2.22. The smallest absolute Gasteiger partial charge is 0.181 e. The van der Waals surface area contributed by atoms with E-state index in [0.29, 0.717) is 6.42 Å². The molecule has 1 aromatic carbocycles. The fourth-order valence-corrected chi connectivity index (χ4v) is 1.96. The maximum Gasteiger partial charge on any atom is 0.181 e. The molecule has 1 heterocycles. The summed E-state index contributed by atoms with van der Waals surface area (Å²) >= 11 is 0. The molecule has 0 unspecified atom stereocenters. The second kappa shape index (κ2) is 6.25. The molecule has 1 aromatic heterocycles. The van der Waals surface area contributed by atoms with E-state index in [1.165, 1.54) is 6.39 Å². The van der Waals surface area contributed by atoms with Gasteiger partial charge in [0.25, 0.3) is 0 Å². The summed E-state index contributed by atoms with van der Waals surface area (Å²) in [6.07, 6.45) is 4.61. The predicted molar refractivity (Wildman–Crippen MR) is 79.1 cm³/mol. The molecule has 0 amide bonds. The lowest BCUT2D eigenvalue weighted by Gasteiger charge is -2.24. The summed E-state index contributed by atoms with van der Waals surface area (Å²) in [6, 6.07) is 10.3. The molecule has 2 rings (SSSR count). The third kappa shape index (κ3) is 3.86. The number of hydrogen-bond donors (Lipinski definition) is 1.